The molecule has 7 heteroatoms. The highest BCUT2D eigenvalue weighted by molar-refractivity contribution is 9.10. The Morgan fingerprint density at radius 1 is 0.846 bits per heavy atom. The summed E-state index contributed by atoms with van der Waals surface area (Å²) in [5.74, 6) is 0.00222. The second-order valence-corrected chi connectivity index (χ2v) is 7.94. The average molecular weight is 419 g/mol. The van der Waals surface area contributed by atoms with Crippen LogP contribution >= 0.6 is 15.9 Å². The number of urea groups is 1. The van der Waals surface area contributed by atoms with Crippen LogP contribution in [0.15, 0.2) is 28.7 Å². The molecule has 3 amide bonds. The summed E-state index contributed by atoms with van der Waals surface area (Å²) in [4.78, 5) is 34.3. The number of rotatable bonds is 1. The number of nitrogens with zero attached hydrogens (tertiary/aromatic N) is 3. The Morgan fingerprint density at radius 2 is 1.50 bits per heavy atom. The van der Waals surface area contributed by atoms with Crippen molar-refractivity contribution in [1.29, 1.82) is 0 Å². The molecule has 2 aliphatic heterocycles. The van der Waals surface area contributed by atoms with Gasteiger partial charge in [-0.25, -0.2) is 4.79 Å². The van der Waals surface area contributed by atoms with Crippen molar-refractivity contribution in [3.05, 3.63) is 34.4 Å². The SMILES string of the molecule is O=C(c1cc2cc(Br)ccc2[nH]1)N1CCN(C(=O)N2CCCCC2)CC1. The Hall–Kier alpha value is -2.02. The zero-order chi connectivity index (χ0) is 18.1. The van der Waals surface area contributed by atoms with Crippen molar-refractivity contribution in [3.8, 4) is 0 Å². The predicted molar refractivity (Wildman–Crippen MR) is 104 cm³/mol. The first-order chi connectivity index (χ1) is 12.6. The van der Waals surface area contributed by atoms with Crippen LogP contribution in [-0.4, -0.2) is 70.9 Å². The molecule has 2 saturated heterocycles. The van der Waals surface area contributed by atoms with Gasteiger partial charge in [0.25, 0.3) is 5.91 Å². The molecule has 1 N–H and O–H groups in total. The third-order valence-electron chi connectivity index (χ3n) is 5.28. The van der Waals surface area contributed by atoms with Gasteiger partial charge in [-0.1, -0.05) is 15.9 Å². The van der Waals surface area contributed by atoms with Crippen molar-refractivity contribution < 1.29 is 9.59 Å². The van der Waals surface area contributed by atoms with Gasteiger partial charge >= 0.3 is 6.03 Å². The van der Waals surface area contributed by atoms with E-state index in [0.717, 1.165) is 41.3 Å². The van der Waals surface area contributed by atoms with Gasteiger partial charge in [-0.05, 0) is 43.5 Å². The van der Waals surface area contributed by atoms with E-state index in [4.69, 9.17) is 0 Å². The van der Waals surface area contributed by atoms with Gasteiger partial charge < -0.3 is 19.7 Å². The molecular formula is C19H23BrN4O2. The monoisotopic (exact) mass is 418 g/mol. The molecule has 1 aromatic heterocycles. The molecule has 0 spiro atoms. The molecule has 2 aromatic rings. The van der Waals surface area contributed by atoms with Crippen LogP contribution in [0.2, 0.25) is 0 Å². The lowest BCUT2D eigenvalue weighted by atomic mass is 10.1. The van der Waals surface area contributed by atoms with Gasteiger partial charge in [0.2, 0.25) is 0 Å². The summed E-state index contributed by atoms with van der Waals surface area (Å²) in [5.41, 5.74) is 1.56. The van der Waals surface area contributed by atoms with Crippen molar-refractivity contribution in [2.24, 2.45) is 0 Å². The molecule has 3 heterocycles. The summed E-state index contributed by atoms with van der Waals surface area (Å²) >= 11 is 3.46. The summed E-state index contributed by atoms with van der Waals surface area (Å²) in [7, 11) is 0. The fraction of sp³-hybridized carbons (Fsp3) is 0.474. The zero-order valence-corrected chi connectivity index (χ0v) is 16.3. The summed E-state index contributed by atoms with van der Waals surface area (Å²) in [6, 6.07) is 7.95. The molecule has 0 aliphatic carbocycles. The maximum Gasteiger partial charge on any atom is 0.320 e. The van der Waals surface area contributed by atoms with Crippen LogP contribution in [0.5, 0.6) is 0 Å². The molecule has 2 aliphatic rings. The Morgan fingerprint density at radius 3 is 2.23 bits per heavy atom. The van der Waals surface area contributed by atoms with Crippen molar-refractivity contribution in [2.75, 3.05) is 39.3 Å². The van der Waals surface area contributed by atoms with E-state index in [2.05, 4.69) is 20.9 Å². The summed E-state index contributed by atoms with van der Waals surface area (Å²) in [6.07, 6.45) is 3.41. The molecule has 26 heavy (non-hydrogen) atoms. The van der Waals surface area contributed by atoms with Gasteiger partial charge in [-0.15, -0.1) is 0 Å². The van der Waals surface area contributed by atoms with Gasteiger partial charge in [0.1, 0.15) is 5.69 Å². The number of H-pyrrole nitrogens is 1. The molecule has 0 saturated carbocycles. The standard InChI is InChI=1S/C19H23BrN4O2/c20-15-4-5-16-14(12-15)13-17(21-16)18(25)22-8-10-24(11-9-22)19(26)23-6-2-1-3-7-23/h4-5,12-13,21H,1-3,6-11H2. The van der Waals surface area contributed by atoms with E-state index in [1.54, 1.807) is 0 Å². The van der Waals surface area contributed by atoms with Crippen LogP contribution in [0.4, 0.5) is 4.79 Å². The molecule has 138 valence electrons. The fourth-order valence-corrected chi connectivity index (χ4v) is 4.15. The van der Waals surface area contributed by atoms with Crippen molar-refractivity contribution in [2.45, 2.75) is 19.3 Å². The first-order valence-corrected chi connectivity index (χ1v) is 10.0. The number of piperidine rings is 1. The number of hydrogen-bond acceptors (Lipinski definition) is 2. The predicted octanol–water partition coefficient (Wildman–Crippen LogP) is 3.29. The normalized spacial score (nSPS) is 18.4. The Labute approximate surface area is 161 Å². The number of hydrogen-bond donors (Lipinski definition) is 1. The van der Waals surface area contributed by atoms with E-state index in [1.807, 2.05) is 39.0 Å². The summed E-state index contributed by atoms with van der Waals surface area (Å²) in [5, 5.41) is 1.02. The lowest BCUT2D eigenvalue weighted by Gasteiger charge is -2.38. The second-order valence-electron chi connectivity index (χ2n) is 7.02. The fourth-order valence-electron chi connectivity index (χ4n) is 3.78. The van der Waals surface area contributed by atoms with Crippen molar-refractivity contribution in [1.82, 2.24) is 19.7 Å². The lowest BCUT2D eigenvalue weighted by molar-refractivity contribution is 0.0628. The number of piperazine rings is 1. The minimum absolute atomic E-state index is 0.00222. The minimum atomic E-state index is 0.00222. The maximum absolute atomic E-state index is 12.8. The van der Waals surface area contributed by atoms with E-state index in [-0.39, 0.29) is 11.9 Å². The molecule has 6 nitrogen and oxygen atoms in total. The van der Waals surface area contributed by atoms with E-state index in [1.165, 1.54) is 6.42 Å². The number of carbonyl (C=O) groups is 2. The van der Waals surface area contributed by atoms with E-state index in [0.29, 0.717) is 31.9 Å². The van der Waals surface area contributed by atoms with Gasteiger partial charge in [-0.3, -0.25) is 4.79 Å². The Kier molecular flexibility index (Phi) is 4.89. The minimum Gasteiger partial charge on any atom is -0.351 e. The first kappa shape index (κ1) is 17.4. The van der Waals surface area contributed by atoms with Crippen LogP contribution in [0.25, 0.3) is 10.9 Å². The highest BCUT2D eigenvalue weighted by Crippen LogP contribution is 2.22. The molecule has 0 radical (unpaired) electrons. The van der Waals surface area contributed by atoms with Gasteiger partial charge in [0, 0.05) is 54.6 Å². The highest BCUT2D eigenvalue weighted by atomic mass is 79.9. The highest BCUT2D eigenvalue weighted by Gasteiger charge is 2.28. The summed E-state index contributed by atoms with van der Waals surface area (Å²) < 4.78 is 0.993. The third-order valence-corrected chi connectivity index (χ3v) is 5.77. The number of nitrogens with one attached hydrogen (secondary N) is 1. The number of fused-ring (bicyclic) bond motifs is 1. The van der Waals surface area contributed by atoms with E-state index >= 15 is 0 Å². The molecule has 0 atom stereocenters. The smallest absolute Gasteiger partial charge is 0.320 e. The van der Waals surface area contributed by atoms with E-state index in [9.17, 15) is 9.59 Å². The Balaban J connectivity index is 1.38. The topological polar surface area (TPSA) is 59.7 Å². The second kappa shape index (κ2) is 7.31. The number of halogens is 1. The maximum atomic E-state index is 12.8. The van der Waals surface area contributed by atoms with Gasteiger partial charge in [0.15, 0.2) is 0 Å². The van der Waals surface area contributed by atoms with Crippen LogP contribution in [0.1, 0.15) is 29.8 Å². The third kappa shape index (κ3) is 3.45. The average Bonchev–Trinajstić information content (AvgIpc) is 3.11. The Bertz CT molecular complexity index is 820. The van der Waals surface area contributed by atoms with Crippen LogP contribution in [0.3, 0.4) is 0 Å². The number of carbonyl (C=O) groups excluding carboxylic acids is 2. The largest absolute Gasteiger partial charge is 0.351 e. The van der Waals surface area contributed by atoms with Crippen molar-refractivity contribution in [3.63, 3.8) is 0 Å². The van der Waals surface area contributed by atoms with Crippen LogP contribution < -0.4 is 0 Å². The number of aromatic amines is 1. The van der Waals surface area contributed by atoms with Gasteiger partial charge in [-0.2, -0.15) is 0 Å². The lowest BCUT2D eigenvalue weighted by Crippen LogP contribution is -2.54. The molecule has 1 aromatic carbocycles. The molecule has 0 unspecified atom stereocenters. The summed E-state index contributed by atoms with van der Waals surface area (Å²) in [6.45, 7) is 4.10. The quantitative estimate of drug-likeness (QED) is 0.771. The van der Waals surface area contributed by atoms with Crippen LogP contribution in [0, 0.1) is 0 Å². The zero-order valence-electron chi connectivity index (χ0n) is 14.7. The molecule has 0 bridgehead atoms. The first-order valence-electron chi connectivity index (χ1n) is 9.23. The molecule has 4 rings (SSSR count). The number of amides is 3. The number of likely N-dealkylation sites (tertiary alicyclic amines) is 1. The molecular weight excluding hydrogens is 396 g/mol. The van der Waals surface area contributed by atoms with Crippen LogP contribution in [-0.2, 0) is 0 Å². The van der Waals surface area contributed by atoms with E-state index < -0.39 is 0 Å². The number of benzene rings is 1. The number of aromatic nitrogens is 1. The van der Waals surface area contributed by atoms with Gasteiger partial charge in [0.05, 0.1) is 0 Å². The molecule has 2 fully saturated rings. The van der Waals surface area contributed by atoms with Crippen molar-refractivity contribution >= 4 is 38.8 Å².